The molecule has 2 aromatic carbocycles. The third kappa shape index (κ3) is 6.20. The molecule has 1 aliphatic heterocycles. The number of ether oxygens (including phenoxy) is 1. The molecular weight excluding hydrogens is 444 g/mol. The summed E-state index contributed by atoms with van der Waals surface area (Å²) in [6.07, 6.45) is 2.11. The first-order valence-corrected chi connectivity index (χ1v) is 11.4. The lowest BCUT2D eigenvalue weighted by molar-refractivity contribution is -0.143. The Kier molecular flexibility index (Phi) is 8.60. The van der Waals surface area contributed by atoms with Crippen LogP contribution in [0.1, 0.15) is 71.3 Å². The highest BCUT2D eigenvalue weighted by atomic mass is 35.5. The molecule has 0 unspecified atom stereocenters. The number of imide groups is 1. The molecule has 3 amide bonds. The molecule has 1 N–H and O–H groups in total. The number of fused-ring (bicyclic) bond motifs is 1. The molecule has 0 spiro atoms. The lowest BCUT2D eigenvalue weighted by atomic mass is 10.0. The van der Waals surface area contributed by atoms with Crippen molar-refractivity contribution in [2.45, 2.75) is 45.1 Å². The monoisotopic (exact) mass is 470 g/mol. The average Bonchev–Trinajstić information content (AvgIpc) is 3.04. The Hall–Kier alpha value is -3.19. The molecule has 3 rings (SSSR count). The SMILES string of the molecule is CCOC(=O)C[C@@H](NC(=O)CCCCCN1C(=O)c2ccccc2C1=O)c1ccccc1Cl. The molecule has 174 valence electrons. The van der Waals surface area contributed by atoms with Crippen LogP contribution in [0.4, 0.5) is 0 Å². The highest BCUT2D eigenvalue weighted by molar-refractivity contribution is 6.31. The van der Waals surface area contributed by atoms with E-state index in [1.807, 2.05) is 0 Å². The van der Waals surface area contributed by atoms with Crippen molar-refractivity contribution in [3.05, 3.63) is 70.2 Å². The third-order valence-electron chi connectivity index (χ3n) is 5.46. The van der Waals surface area contributed by atoms with Crippen LogP contribution in [0.5, 0.6) is 0 Å². The Morgan fingerprint density at radius 3 is 2.24 bits per heavy atom. The van der Waals surface area contributed by atoms with Crippen LogP contribution in [0.15, 0.2) is 48.5 Å². The van der Waals surface area contributed by atoms with Gasteiger partial charge in [0.25, 0.3) is 11.8 Å². The Morgan fingerprint density at radius 2 is 1.61 bits per heavy atom. The molecule has 0 saturated heterocycles. The zero-order valence-corrected chi connectivity index (χ0v) is 19.3. The normalized spacial score (nSPS) is 13.6. The molecule has 0 saturated carbocycles. The number of benzene rings is 2. The van der Waals surface area contributed by atoms with E-state index in [0.29, 0.717) is 47.5 Å². The van der Waals surface area contributed by atoms with Crippen LogP contribution in [0, 0.1) is 0 Å². The summed E-state index contributed by atoms with van der Waals surface area (Å²) in [7, 11) is 0. The summed E-state index contributed by atoms with van der Waals surface area (Å²) in [4.78, 5) is 50.6. The van der Waals surface area contributed by atoms with Crippen molar-refractivity contribution < 1.29 is 23.9 Å². The van der Waals surface area contributed by atoms with Crippen molar-refractivity contribution in [1.82, 2.24) is 10.2 Å². The van der Waals surface area contributed by atoms with Gasteiger partial charge in [0.15, 0.2) is 0 Å². The van der Waals surface area contributed by atoms with Gasteiger partial charge in [0.05, 0.1) is 30.2 Å². The first-order valence-electron chi connectivity index (χ1n) is 11.1. The second-order valence-electron chi connectivity index (χ2n) is 7.77. The first-order chi connectivity index (χ1) is 15.9. The quantitative estimate of drug-likeness (QED) is 0.300. The predicted octanol–water partition coefficient (Wildman–Crippen LogP) is 4.31. The number of rotatable bonds is 11. The number of hydrogen-bond donors (Lipinski definition) is 1. The van der Waals surface area contributed by atoms with Crippen molar-refractivity contribution in [2.24, 2.45) is 0 Å². The van der Waals surface area contributed by atoms with Crippen LogP contribution < -0.4 is 5.32 Å². The fourth-order valence-electron chi connectivity index (χ4n) is 3.82. The molecule has 33 heavy (non-hydrogen) atoms. The van der Waals surface area contributed by atoms with Crippen molar-refractivity contribution in [3.63, 3.8) is 0 Å². The summed E-state index contributed by atoms with van der Waals surface area (Å²) in [5, 5.41) is 3.34. The number of carbonyl (C=O) groups excluding carboxylic acids is 4. The van der Waals surface area contributed by atoms with Crippen LogP contribution in [0.3, 0.4) is 0 Å². The number of carbonyl (C=O) groups is 4. The maximum atomic E-state index is 12.5. The molecule has 0 radical (unpaired) electrons. The highest BCUT2D eigenvalue weighted by Gasteiger charge is 2.34. The smallest absolute Gasteiger partial charge is 0.308 e. The minimum absolute atomic E-state index is 0.0109. The number of esters is 1. The van der Waals surface area contributed by atoms with Crippen LogP contribution in [-0.2, 0) is 14.3 Å². The molecule has 0 bridgehead atoms. The Labute approximate surface area is 198 Å². The highest BCUT2D eigenvalue weighted by Crippen LogP contribution is 2.26. The average molecular weight is 471 g/mol. The minimum Gasteiger partial charge on any atom is -0.466 e. The molecule has 1 atom stereocenters. The van der Waals surface area contributed by atoms with Gasteiger partial charge in [-0.1, -0.05) is 48.4 Å². The van der Waals surface area contributed by atoms with Gasteiger partial charge >= 0.3 is 5.97 Å². The minimum atomic E-state index is -0.580. The standard InChI is InChI=1S/C25H27ClN2O5/c1-2-33-23(30)16-21(19-12-7-8-13-20(19)26)27-22(29)14-4-3-9-15-28-24(31)17-10-5-6-11-18(17)25(28)32/h5-8,10-13,21H,2-4,9,14-16H2,1H3,(H,27,29)/t21-/m1/s1. The number of hydrogen-bond acceptors (Lipinski definition) is 5. The number of unbranched alkanes of at least 4 members (excludes halogenated alkanes) is 2. The molecular formula is C25H27ClN2O5. The summed E-state index contributed by atoms with van der Waals surface area (Å²) in [5.74, 6) is -1.15. The Bertz CT molecular complexity index is 1000. The topological polar surface area (TPSA) is 92.8 Å². The molecule has 7 nitrogen and oxygen atoms in total. The lowest BCUT2D eigenvalue weighted by Gasteiger charge is -2.20. The van der Waals surface area contributed by atoms with Crippen LogP contribution in [0.25, 0.3) is 0 Å². The van der Waals surface area contributed by atoms with Crippen molar-refractivity contribution in [1.29, 1.82) is 0 Å². The van der Waals surface area contributed by atoms with Gasteiger partial charge in [-0.25, -0.2) is 0 Å². The van der Waals surface area contributed by atoms with Gasteiger partial charge < -0.3 is 10.1 Å². The zero-order valence-electron chi connectivity index (χ0n) is 18.5. The summed E-state index contributed by atoms with van der Waals surface area (Å²) in [6.45, 7) is 2.30. The summed E-state index contributed by atoms with van der Waals surface area (Å²) < 4.78 is 5.02. The summed E-state index contributed by atoms with van der Waals surface area (Å²) in [5.41, 5.74) is 1.54. The maximum absolute atomic E-state index is 12.5. The van der Waals surface area contributed by atoms with Gasteiger partial charge in [-0.15, -0.1) is 0 Å². The number of nitrogens with zero attached hydrogens (tertiary/aromatic N) is 1. The van der Waals surface area contributed by atoms with Gasteiger partial charge in [-0.3, -0.25) is 24.1 Å². The zero-order chi connectivity index (χ0) is 23.8. The summed E-state index contributed by atoms with van der Waals surface area (Å²) >= 11 is 6.26. The van der Waals surface area contributed by atoms with E-state index in [1.54, 1.807) is 55.5 Å². The molecule has 0 fully saturated rings. The fraction of sp³-hybridized carbons (Fsp3) is 0.360. The molecule has 1 aliphatic rings. The second kappa shape index (κ2) is 11.6. The van der Waals surface area contributed by atoms with E-state index in [9.17, 15) is 19.2 Å². The van der Waals surface area contributed by atoms with E-state index in [4.69, 9.17) is 16.3 Å². The molecule has 1 heterocycles. The van der Waals surface area contributed by atoms with E-state index in [1.165, 1.54) is 4.90 Å². The van der Waals surface area contributed by atoms with Crippen molar-refractivity contribution >= 4 is 35.3 Å². The fourth-order valence-corrected chi connectivity index (χ4v) is 4.09. The maximum Gasteiger partial charge on any atom is 0.308 e. The Balaban J connectivity index is 1.46. The third-order valence-corrected chi connectivity index (χ3v) is 5.80. The number of amides is 3. The largest absolute Gasteiger partial charge is 0.466 e. The lowest BCUT2D eigenvalue weighted by Crippen LogP contribution is -2.31. The van der Waals surface area contributed by atoms with Gasteiger partial charge in [-0.05, 0) is 43.5 Å². The van der Waals surface area contributed by atoms with Gasteiger partial charge in [0, 0.05) is 18.0 Å². The Morgan fingerprint density at radius 1 is 0.970 bits per heavy atom. The van der Waals surface area contributed by atoms with E-state index >= 15 is 0 Å². The van der Waals surface area contributed by atoms with Crippen molar-refractivity contribution in [2.75, 3.05) is 13.2 Å². The van der Waals surface area contributed by atoms with E-state index in [0.717, 1.165) is 0 Å². The molecule has 0 aromatic heterocycles. The predicted molar refractivity (Wildman–Crippen MR) is 124 cm³/mol. The van der Waals surface area contributed by atoms with E-state index in [2.05, 4.69) is 5.32 Å². The van der Waals surface area contributed by atoms with Crippen LogP contribution in [-0.4, -0.2) is 41.7 Å². The number of nitrogens with one attached hydrogen (secondary N) is 1. The van der Waals surface area contributed by atoms with E-state index in [-0.39, 0.29) is 37.2 Å². The van der Waals surface area contributed by atoms with Crippen molar-refractivity contribution in [3.8, 4) is 0 Å². The van der Waals surface area contributed by atoms with Crippen LogP contribution >= 0.6 is 11.6 Å². The van der Waals surface area contributed by atoms with Gasteiger partial charge in [-0.2, -0.15) is 0 Å². The molecule has 8 heteroatoms. The summed E-state index contributed by atoms with van der Waals surface area (Å²) in [6, 6.07) is 13.3. The second-order valence-corrected chi connectivity index (χ2v) is 8.18. The molecule has 0 aliphatic carbocycles. The van der Waals surface area contributed by atoms with E-state index < -0.39 is 12.0 Å². The molecule has 2 aromatic rings. The van der Waals surface area contributed by atoms with Crippen LogP contribution in [0.2, 0.25) is 5.02 Å². The number of halogens is 1. The van der Waals surface area contributed by atoms with Gasteiger partial charge in [0.2, 0.25) is 5.91 Å². The first kappa shape index (κ1) is 24.5. The van der Waals surface area contributed by atoms with Gasteiger partial charge in [0.1, 0.15) is 0 Å².